The summed E-state index contributed by atoms with van der Waals surface area (Å²) in [7, 11) is 0. The van der Waals surface area contributed by atoms with Crippen LogP contribution in [0.1, 0.15) is 37.8 Å². The van der Waals surface area contributed by atoms with E-state index >= 15 is 0 Å². The van der Waals surface area contributed by atoms with Crippen molar-refractivity contribution in [2.45, 2.75) is 38.6 Å². The maximum atomic E-state index is 12.3. The van der Waals surface area contributed by atoms with Gasteiger partial charge in [-0.2, -0.15) is 0 Å². The molecule has 3 atom stereocenters. The normalized spacial score (nSPS) is 22.7. The van der Waals surface area contributed by atoms with Crippen LogP contribution in [0.4, 0.5) is 13.2 Å². The standard InChI is InChI=1S/C16H21F3N2O2/c1-10(21-15(22)14-4-2-3-12(14)9-20)11-5-7-13(8-6-11)23-16(17,18)19/h5-8,10,12,14H,2-4,9,20H2,1H3,(H,21,22)/t10?,12-,14-/m1/s1. The van der Waals surface area contributed by atoms with Crippen LogP contribution in [0.15, 0.2) is 24.3 Å². The molecule has 0 heterocycles. The number of carbonyl (C=O) groups is 1. The number of halogens is 3. The van der Waals surface area contributed by atoms with Crippen molar-refractivity contribution in [3.8, 4) is 5.75 Å². The van der Waals surface area contributed by atoms with Gasteiger partial charge in [-0.25, -0.2) is 0 Å². The number of carbonyl (C=O) groups excluding carboxylic acids is 1. The van der Waals surface area contributed by atoms with Crippen molar-refractivity contribution in [2.75, 3.05) is 6.54 Å². The van der Waals surface area contributed by atoms with Crippen LogP contribution in [-0.2, 0) is 4.79 Å². The SMILES string of the molecule is CC(NC(=O)[C@@H]1CCC[C@@H]1CN)c1ccc(OC(F)(F)F)cc1. The van der Waals surface area contributed by atoms with Gasteiger partial charge in [0.2, 0.25) is 5.91 Å². The third kappa shape index (κ3) is 4.86. The van der Waals surface area contributed by atoms with E-state index < -0.39 is 6.36 Å². The Morgan fingerprint density at radius 3 is 2.57 bits per heavy atom. The number of hydrogen-bond acceptors (Lipinski definition) is 3. The number of hydrogen-bond donors (Lipinski definition) is 2. The summed E-state index contributed by atoms with van der Waals surface area (Å²) in [4.78, 5) is 12.3. The summed E-state index contributed by atoms with van der Waals surface area (Å²) < 4.78 is 40.2. The van der Waals surface area contributed by atoms with E-state index in [2.05, 4.69) is 10.1 Å². The first-order valence-electron chi connectivity index (χ1n) is 7.66. The summed E-state index contributed by atoms with van der Waals surface area (Å²) in [5.74, 6) is -0.181. The Morgan fingerprint density at radius 1 is 1.35 bits per heavy atom. The van der Waals surface area contributed by atoms with E-state index in [0.717, 1.165) is 24.8 Å². The average Bonchev–Trinajstić information content (AvgIpc) is 2.94. The predicted octanol–water partition coefficient (Wildman–Crippen LogP) is 3.14. The highest BCUT2D eigenvalue weighted by Crippen LogP contribution is 2.31. The van der Waals surface area contributed by atoms with E-state index in [1.165, 1.54) is 24.3 Å². The number of nitrogens with one attached hydrogen (secondary N) is 1. The lowest BCUT2D eigenvalue weighted by molar-refractivity contribution is -0.274. The molecule has 0 spiro atoms. The van der Waals surface area contributed by atoms with Crippen LogP contribution in [0.3, 0.4) is 0 Å². The van der Waals surface area contributed by atoms with E-state index in [9.17, 15) is 18.0 Å². The van der Waals surface area contributed by atoms with Gasteiger partial charge in [0.05, 0.1) is 6.04 Å². The van der Waals surface area contributed by atoms with Crippen LogP contribution >= 0.6 is 0 Å². The maximum Gasteiger partial charge on any atom is 0.573 e. The Balaban J connectivity index is 1.95. The highest BCUT2D eigenvalue weighted by molar-refractivity contribution is 5.79. The third-order valence-electron chi connectivity index (χ3n) is 4.27. The summed E-state index contributed by atoms with van der Waals surface area (Å²) in [5.41, 5.74) is 6.40. The molecule has 0 saturated heterocycles. The molecule has 128 valence electrons. The summed E-state index contributed by atoms with van der Waals surface area (Å²) in [6.45, 7) is 2.29. The summed E-state index contributed by atoms with van der Waals surface area (Å²) in [5, 5.41) is 2.91. The van der Waals surface area contributed by atoms with Crippen molar-refractivity contribution >= 4 is 5.91 Å². The molecule has 1 aromatic rings. The molecule has 7 heteroatoms. The zero-order chi connectivity index (χ0) is 17.0. The minimum Gasteiger partial charge on any atom is -0.406 e. The number of ether oxygens (including phenoxy) is 1. The fourth-order valence-electron chi connectivity index (χ4n) is 3.03. The van der Waals surface area contributed by atoms with E-state index in [0.29, 0.717) is 6.54 Å². The van der Waals surface area contributed by atoms with Gasteiger partial charge in [0, 0.05) is 5.92 Å². The molecule has 1 aromatic carbocycles. The fourth-order valence-corrected chi connectivity index (χ4v) is 3.03. The minimum atomic E-state index is -4.71. The van der Waals surface area contributed by atoms with Crippen molar-refractivity contribution in [3.63, 3.8) is 0 Å². The summed E-state index contributed by atoms with van der Waals surface area (Å²) in [6.07, 6.45) is -1.91. The Morgan fingerprint density at radius 2 is 2.00 bits per heavy atom. The fraction of sp³-hybridized carbons (Fsp3) is 0.562. The lowest BCUT2D eigenvalue weighted by Gasteiger charge is -2.21. The largest absolute Gasteiger partial charge is 0.573 e. The zero-order valence-electron chi connectivity index (χ0n) is 12.9. The highest BCUT2D eigenvalue weighted by Gasteiger charge is 2.33. The second-order valence-electron chi connectivity index (χ2n) is 5.88. The molecular formula is C16H21F3N2O2. The monoisotopic (exact) mass is 330 g/mol. The lowest BCUT2D eigenvalue weighted by Crippen LogP contribution is -2.36. The van der Waals surface area contributed by atoms with Crippen molar-refractivity contribution in [3.05, 3.63) is 29.8 Å². The average molecular weight is 330 g/mol. The molecule has 1 aliphatic rings. The van der Waals surface area contributed by atoms with Crippen LogP contribution in [-0.4, -0.2) is 18.8 Å². The van der Waals surface area contributed by atoms with Crippen molar-refractivity contribution in [2.24, 2.45) is 17.6 Å². The van der Waals surface area contributed by atoms with Gasteiger partial charge >= 0.3 is 6.36 Å². The molecular weight excluding hydrogens is 309 g/mol. The summed E-state index contributed by atoms with van der Waals surface area (Å²) >= 11 is 0. The Hall–Kier alpha value is -1.76. The molecule has 1 unspecified atom stereocenters. The Labute approximate surface area is 133 Å². The highest BCUT2D eigenvalue weighted by atomic mass is 19.4. The summed E-state index contributed by atoms with van der Waals surface area (Å²) in [6, 6.07) is 5.22. The Kier molecular flexibility index (Phi) is 5.51. The third-order valence-corrected chi connectivity index (χ3v) is 4.27. The van der Waals surface area contributed by atoms with Gasteiger partial charge in [-0.15, -0.1) is 13.2 Å². The molecule has 0 bridgehead atoms. The second kappa shape index (κ2) is 7.21. The lowest BCUT2D eigenvalue weighted by atomic mass is 9.94. The molecule has 1 aliphatic carbocycles. The van der Waals surface area contributed by atoms with E-state index in [1.54, 1.807) is 6.92 Å². The van der Waals surface area contributed by atoms with Crippen molar-refractivity contribution in [1.82, 2.24) is 5.32 Å². The van der Waals surface area contributed by atoms with Crippen LogP contribution < -0.4 is 15.8 Å². The van der Waals surface area contributed by atoms with Crippen LogP contribution in [0.2, 0.25) is 0 Å². The van der Waals surface area contributed by atoms with E-state index in [4.69, 9.17) is 5.73 Å². The number of alkyl halides is 3. The molecule has 3 N–H and O–H groups in total. The number of rotatable bonds is 5. The number of benzene rings is 1. The molecule has 0 radical (unpaired) electrons. The van der Waals surface area contributed by atoms with Gasteiger partial charge in [-0.1, -0.05) is 18.6 Å². The first-order valence-corrected chi connectivity index (χ1v) is 7.66. The smallest absolute Gasteiger partial charge is 0.406 e. The van der Waals surface area contributed by atoms with Gasteiger partial charge in [-0.3, -0.25) is 4.79 Å². The van der Waals surface area contributed by atoms with Crippen molar-refractivity contribution in [1.29, 1.82) is 0 Å². The molecule has 2 rings (SSSR count). The molecule has 1 fully saturated rings. The molecule has 4 nitrogen and oxygen atoms in total. The predicted molar refractivity (Wildman–Crippen MR) is 79.6 cm³/mol. The van der Waals surface area contributed by atoms with E-state index in [1.807, 2.05) is 0 Å². The molecule has 0 aromatic heterocycles. The van der Waals surface area contributed by atoms with Gasteiger partial charge in [0.1, 0.15) is 5.75 Å². The van der Waals surface area contributed by atoms with Crippen LogP contribution in [0, 0.1) is 11.8 Å². The van der Waals surface area contributed by atoms with Gasteiger partial charge in [-0.05, 0) is 49.9 Å². The molecule has 1 saturated carbocycles. The van der Waals surface area contributed by atoms with Crippen LogP contribution in [0.25, 0.3) is 0 Å². The molecule has 1 amide bonds. The quantitative estimate of drug-likeness (QED) is 0.872. The Bertz CT molecular complexity index is 531. The topological polar surface area (TPSA) is 64.4 Å². The van der Waals surface area contributed by atoms with Gasteiger partial charge in [0.15, 0.2) is 0 Å². The van der Waals surface area contributed by atoms with Gasteiger partial charge in [0.25, 0.3) is 0 Å². The number of nitrogens with two attached hydrogens (primary N) is 1. The van der Waals surface area contributed by atoms with Gasteiger partial charge < -0.3 is 15.8 Å². The van der Waals surface area contributed by atoms with E-state index in [-0.39, 0.29) is 29.5 Å². The van der Waals surface area contributed by atoms with Crippen LogP contribution in [0.5, 0.6) is 5.75 Å². The minimum absolute atomic E-state index is 0.0407. The molecule has 23 heavy (non-hydrogen) atoms. The number of amides is 1. The molecule has 0 aliphatic heterocycles. The second-order valence-corrected chi connectivity index (χ2v) is 5.88. The zero-order valence-corrected chi connectivity index (χ0v) is 12.9. The van der Waals surface area contributed by atoms with Crippen molar-refractivity contribution < 1.29 is 22.7 Å². The maximum absolute atomic E-state index is 12.3. The first kappa shape index (κ1) is 17.6. The first-order chi connectivity index (χ1) is 10.8.